The van der Waals surface area contributed by atoms with Crippen LogP contribution in [0.2, 0.25) is 0 Å². The number of fused-ring (bicyclic) bond motifs is 1. The lowest BCUT2D eigenvalue weighted by Gasteiger charge is -2.26. The third kappa shape index (κ3) is 4.44. The summed E-state index contributed by atoms with van der Waals surface area (Å²) in [6.07, 6.45) is 2.25. The van der Waals surface area contributed by atoms with Crippen molar-refractivity contribution in [2.45, 2.75) is 19.5 Å². The van der Waals surface area contributed by atoms with E-state index in [0.717, 1.165) is 24.5 Å². The van der Waals surface area contributed by atoms with Crippen molar-refractivity contribution in [3.63, 3.8) is 0 Å². The molecule has 0 saturated carbocycles. The minimum absolute atomic E-state index is 0. The molecule has 2 aromatic heterocycles. The van der Waals surface area contributed by atoms with Crippen molar-refractivity contribution in [1.29, 1.82) is 0 Å². The molecule has 0 atom stereocenters. The molecule has 7 heteroatoms. The molecule has 0 spiro atoms. The van der Waals surface area contributed by atoms with Crippen molar-refractivity contribution >= 4 is 24.1 Å². The molecule has 6 nitrogen and oxygen atoms in total. The largest absolute Gasteiger partial charge is 0.463 e. The van der Waals surface area contributed by atoms with Crippen molar-refractivity contribution < 1.29 is 18.4 Å². The molecule has 1 aliphatic rings. The van der Waals surface area contributed by atoms with Crippen LogP contribution < -0.4 is 0 Å². The van der Waals surface area contributed by atoms with Gasteiger partial charge in [-0.1, -0.05) is 12.1 Å². The first-order valence-corrected chi connectivity index (χ1v) is 9.24. The molecule has 0 bridgehead atoms. The van der Waals surface area contributed by atoms with Crippen LogP contribution in [0.25, 0.3) is 0 Å². The normalized spacial score (nSPS) is 13.1. The van der Waals surface area contributed by atoms with Gasteiger partial charge in [0.2, 0.25) is 5.78 Å². The quantitative estimate of drug-likeness (QED) is 0.594. The number of nitrogens with zero attached hydrogens (tertiary/aromatic N) is 2. The number of amides is 1. The Morgan fingerprint density at radius 1 is 1.10 bits per heavy atom. The van der Waals surface area contributed by atoms with E-state index in [2.05, 4.69) is 11.0 Å². The molecule has 3 aromatic rings. The molecule has 29 heavy (non-hydrogen) atoms. The minimum atomic E-state index is -0.198. The summed E-state index contributed by atoms with van der Waals surface area (Å²) < 4.78 is 11.1. The van der Waals surface area contributed by atoms with Crippen LogP contribution in [0.3, 0.4) is 0 Å². The summed E-state index contributed by atoms with van der Waals surface area (Å²) in [5.74, 6) is 1.81. The van der Waals surface area contributed by atoms with Gasteiger partial charge in [-0.05, 0) is 56.4 Å². The molecule has 0 fully saturated rings. The van der Waals surface area contributed by atoms with Gasteiger partial charge in [0.05, 0.1) is 19.4 Å². The van der Waals surface area contributed by atoms with E-state index in [1.165, 1.54) is 11.8 Å². The summed E-state index contributed by atoms with van der Waals surface area (Å²) in [6, 6.07) is 12.1. The van der Waals surface area contributed by atoms with E-state index in [1.807, 2.05) is 14.1 Å². The Morgan fingerprint density at radius 2 is 1.83 bits per heavy atom. The number of hydrogen-bond donors (Lipinski definition) is 0. The summed E-state index contributed by atoms with van der Waals surface area (Å²) in [6.45, 7) is 1.86. The standard InChI is InChI=1S/C22H22N2O4.ClH/c1-23(2)13-18-12-17-9-10-24(14-20(17)28-18)22(26)16-7-5-15(6-8-16)21(25)19-4-3-11-27-19;/h3-8,11-12H,9-10,13-14H2,1-2H3;1H. The molecule has 0 aliphatic carbocycles. The molecule has 0 saturated heterocycles. The fourth-order valence-corrected chi connectivity index (χ4v) is 3.44. The molecular formula is C22H23ClN2O4. The number of furan rings is 2. The van der Waals surface area contributed by atoms with E-state index in [-0.39, 0.29) is 29.9 Å². The van der Waals surface area contributed by atoms with Crippen LogP contribution in [0.5, 0.6) is 0 Å². The van der Waals surface area contributed by atoms with Crippen LogP contribution in [-0.2, 0) is 19.5 Å². The Morgan fingerprint density at radius 3 is 2.48 bits per heavy atom. The first-order chi connectivity index (χ1) is 13.5. The molecule has 0 unspecified atom stereocenters. The highest BCUT2D eigenvalue weighted by Crippen LogP contribution is 2.25. The maximum Gasteiger partial charge on any atom is 0.254 e. The van der Waals surface area contributed by atoms with Gasteiger partial charge in [-0.3, -0.25) is 9.59 Å². The highest BCUT2D eigenvalue weighted by molar-refractivity contribution is 6.07. The van der Waals surface area contributed by atoms with Gasteiger partial charge >= 0.3 is 0 Å². The molecule has 1 aromatic carbocycles. The third-order valence-electron chi connectivity index (χ3n) is 4.83. The SMILES string of the molecule is CN(C)Cc1cc2c(o1)CN(C(=O)c1ccc(C(=O)c3ccco3)cc1)CC2.Cl. The third-order valence-corrected chi connectivity index (χ3v) is 4.83. The number of ketones is 1. The van der Waals surface area contributed by atoms with Crippen LogP contribution >= 0.6 is 12.4 Å². The van der Waals surface area contributed by atoms with Gasteiger partial charge in [0.25, 0.3) is 5.91 Å². The van der Waals surface area contributed by atoms with Crippen molar-refractivity contribution in [1.82, 2.24) is 9.80 Å². The lowest BCUT2D eigenvalue weighted by molar-refractivity contribution is 0.0718. The summed E-state index contributed by atoms with van der Waals surface area (Å²) in [5, 5.41) is 0. The Kier molecular flexibility index (Phi) is 6.25. The Hall–Kier alpha value is -2.83. The van der Waals surface area contributed by atoms with E-state index < -0.39 is 0 Å². The predicted molar refractivity (Wildman–Crippen MR) is 110 cm³/mol. The van der Waals surface area contributed by atoms with Crippen LogP contribution in [0.4, 0.5) is 0 Å². The smallest absolute Gasteiger partial charge is 0.254 e. The second-order valence-electron chi connectivity index (χ2n) is 7.26. The summed E-state index contributed by atoms with van der Waals surface area (Å²) in [7, 11) is 4.00. The molecule has 4 rings (SSSR count). The maximum atomic E-state index is 12.9. The first-order valence-electron chi connectivity index (χ1n) is 9.24. The number of benzene rings is 1. The highest BCUT2D eigenvalue weighted by Gasteiger charge is 2.25. The van der Waals surface area contributed by atoms with Gasteiger partial charge in [-0.2, -0.15) is 0 Å². The van der Waals surface area contributed by atoms with E-state index in [9.17, 15) is 9.59 Å². The van der Waals surface area contributed by atoms with E-state index in [0.29, 0.717) is 24.2 Å². The lowest BCUT2D eigenvalue weighted by atomic mass is 10.0. The van der Waals surface area contributed by atoms with Gasteiger partial charge in [-0.25, -0.2) is 0 Å². The Balaban J connectivity index is 0.00000240. The topological polar surface area (TPSA) is 66.9 Å². The zero-order chi connectivity index (χ0) is 19.7. The van der Waals surface area contributed by atoms with E-state index in [1.54, 1.807) is 41.3 Å². The van der Waals surface area contributed by atoms with Gasteiger partial charge in [0.1, 0.15) is 11.5 Å². The minimum Gasteiger partial charge on any atom is -0.463 e. The fraction of sp³-hybridized carbons (Fsp3) is 0.273. The number of halogens is 1. The van der Waals surface area contributed by atoms with Crippen LogP contribution in [-0.4, -0.2) is 42.1 Å². The summed E-state index contributed by atoms with van der Waals surface area (Å²) in [4.78, 5) is 29.0. The van der Waals surface area contributed by atoms with Crippen molar-refractivity contribution in [2.24, 2.45) is 0 Å². The fourth-order valence-electron chi connectivity index (χ4n) is 3.44. The number of carbonyl (C=O) groups excluding carboxylic acids is 2. The van der Waals surface area contributed by atoms with Crippen molar-refractivity contribution in [2.75, 3.05) is 20.6 Å². The number of rotatable bonds is 5. The maximum absolute atomic E-state index is 12.9. The van der Waals surface area contributed by atoms with Crippen LogP contribution in [0.15, 0.2) is 57.6 Å². The lowest BCUT2D eigenvalue weighted by Crippen LogP contribution is -2.35. The summed E-state index contributed by atoms with van der Waals surface area (Å²) in [5.41, 5.74) is 2.23. The molecule has 0 N–H and O–H groups in total. The molecule has 1 aliphatic heterocycles. The molecule has 0 radical (unpaired) electrons. The van der Waals surface area contributed by atoms with Crippen LogP contribution in [0, 0.1) is 0 Å². The average Bonchev–Trinajstić information content (AvgIpc) is 3.35. The van der Waals surface area contributed by atoms with Gasteiger partial charge in [0.15, 0.2) is 5.76 Å². The van der Waals surface area contributed by atoms with Gasteiger partial charge < -0.3 is 18.6 Å². The van der Waals surface area contributed by atoms with Crippen molar-refractivity contribution in [3.8, 4) is 0 Å². The monoisotopic (exact) mass is 414 g/mol. The first kappa shape index (κ1) is 20.9. The van der Waals surface area contributed by atoms with Crippen molar-refractivity contribution in [3.05, 3.63) is 82.7 Å². The van der Waals surface area contributed by atoms with Gasteiger partial charge in [-0.15, -0.1) is 12.4 Å². The molecule has 1 amide bonds. The van der Waals surface area contributed by atoms with Crippen LogP contribution in [0.1, 0.15) is 43.6 Å². The summed E-state index contributed by atoms with van der Waals surface area (Å²) >= 11 is 0. The zero-order valence-electron chi connectivity index (χ0n) is 16.4. The van der Waals surface area contributed by atoms with E-state index >= 15 is 0 Å². The highest BCUT2D eigenvalue weighted by atomic mass is 35.5. The second-order valence-corrected chi connectivity index (χ2v) is 7.26. The average molecular weight is 415 g/mol. The van der Waals surface area contributed by atoms with Gasteiger partial charge in [0, 0.05) is 17.7 Å². The molecule has 152 valence electrons. The number of hydrogen-bond acceptors (Lipinski definition) is 5. The molecule has 3 heterocycles. The Bertz CT molecular complexity index is 991. The van der Waals surface area contributed by atoms with E-state index in [4.69, 9.17) is 8.83 Å². The second kappa shape index (κ2) is 8.68. The predicted octanol–water partition coefficient (Wildman–Crippen LogP) is 3.79. The number of carbonyl (C=O) groups is 2. The Labute approximate surface area is 175 Å². The molecular weight excluding hydrogens is 392 g/mol. The zero-order valence-corrected chi connectivity index (χ0v) is 17.2.